The van der Waals surface area contributed by atoms with Crippen molar-refractivity contribution in [3.05, 3.63) is 65.0 Å². The molecule has 0 aromatic heterocycles. The summed E-state index contributed by atoms with van der Waals surface area (Å²) in [7, 11) is 7.23. The number of rotatable bonds is 7. The second-order valence-corrected chi connectivity index (χ2v) is 6.25. The molecule has 0 spiro atoms. The lowest BCUT2D eigenvalue weighted by atomic mass is 10.1. The number of nitrogens with one attached hydrogen (secondary N) is 2. The Balaban J connectivity index is 0.00000364. The molecule has 0 radical (unpaired) electrons. The van der Waals surface area contributed by atoms with E-state index in [1.807, 2.05) is 49.3 Å². The lowest BCUT2D eigenvalue weighted by Gasteiger charge is -2.15. The molecule has 0 aliphatic rings. The Morgan fingerprint density at radius 2 is 1.78 bits per heavy atom. The molecule has 0 amide bonds. The molecule has 0 saturated carbocycles. The average molecular weight is 486 g/mol. The van der Waals surface area contributed by atoms with Crippen LogP contribution in [0, 0.1) is 5.82 Å². The van der Waals surface area contributed by atoms with Crippen LogP contribution in [-0.4, -0.2) is 39.1 Å². The number of ether oxygens (including phenoxy) is 1. The Kier molecular flexibility index (Phi) is 10.1. The van der Waals surface area contributed by atoms with E-state index in [1.54, 1.807) is 20.2 Å². The SMILES string of the molecule is CN=C(NCc1ccc(F)c(CN(C)C)c1)NCc1ccccc1OC.I. The second-order valence-electron chi connectivity index (χ2n) is 6.25. The van der Waals surface area contributed by atoms with Crippen LogP contribution in [0.1, 0.15) is 16.7 Å². The Labute approximate surface area is 178 Å². The summed E-state index contributed by atoms with van der Waals surface area (Å²) >= 11 is 0. The predicted octanol–water partition coefficient (Wildman–Crippen LogP) is 3.38. The lowest BCUT2D eigenvalue weighted by molar-refractivity contribution is 0.392. The smallest absolute Gasteiger partial charge is 0.191 e. The molecule has 2 aromatic carbocycles. The van der Waals surface area contributed by atoms with Crippen molar-refractivity contribution in [2.45, 2.75) is 19.6 Å². The molecule has 148 valence electrons. The Morgan fingerprint density at radius 1 is 1.07 bits per heavy atom. The van der Waals surface area contributed by atoms with E-state index < -0.39 is 0 Å². The van der Waals surface area contributed by atoms with E-state index in [0.717, 1.165) is 16.9 Å². The molecule has 27 heavy (non-hydrogen) atoms. The molecule has 0 aliphatic carbocycles. The zero-order valence-electron chi connectivity index (χ0n) is 16.3. The van der Waals surface area contributed by atoms with Gasteiger partial charge in [-0.25, -0.2) is 4.39 Å². The van der Waals surface area contributed by atoms with Crippen molar-refractivity contribution in [3.63, 3.8) is 0 Å². The third kappa shape index (κ3) is 7.34. The quantitative estimate of drug-likeness (QED) is 0.358. The molecule has 0 bridgehead atoms. The van der Waals surface area contributed by atoms with Crippen LogP contribution in [0.2, 0.25) is 0 Å². The van der Waals surface area contributed by atoms with E-state index in [4.69, 9.17) is 4.74 Å². The summed E-state index contributed by atoms with van der Waals surface area (Å²) in [6, 6.07) is 13.0. The fourth-order valence-electron chi connectivity index (χ4n) is 2.63. The molecule has 0 saturated heterocycles. The molecule has 5 nitrogen and oxygen atoms in total. The van der Waals surface area contributed by atoms with Crippen LogP contribution in [0.5, 0.6) is 5.75 Å². The summed E-state index contributed by atoms with van der Waals surface area (Å²) in [5.41, 5.74) is 2.74. The Hall–Kier alpha value is -1.87. The van der Waals surface area contributed by atoms with Gasteiger partial charge in [0.1, 0.15) is 11.6 Å². The van der Waals surface area contributed by atoms with Crippen LogP contribution in [0.3, 0.4) is 0 Å². The highest BCUT2D eigenvalue weighted by molar-refractivity contribution is 14.0. The Morgan fingerprint density at radius 3 is 2.44 bits per heavy atom. The Bertz CT molecular complexity index is 753. The van der Waals surface area contributed by atoms with Crippen LogP contribution in [0.15, 0.2) is 47.5 Å². The standard InChI is InChI=1S/C20H27FN4O.HI/c1-22-20(24-13-16-7-5-6-8-19(16)26-4)23-12-15-9-10-18(21)17(11-15)14-25(2)3;/h5-11H,12-14H2,1-4H3,(H2,22,23,24);1H. The van der Waals surface area contributed by atoms with Crippen molar-refractivity contribution in [1.29, 1.82) is 0 Å². The van der Waals surface area contributed by atoms with Crippen molar-refractivity contribution in [3.8, 4) is 5.75 Å². The number of aliphatic imine (C=N–C) groups is 1. The topological polar surface area (TPSA) is 48.9 Å². The van der Waals surface area contributed by atoms with Gasteiger partial charge in [0.15, 0.2) is 5.96 Å². The maximum Gasteiger partial charge on any atom is 0.191 e. The molecule has 0 fully saturated rings. The number of guanidine groups is 1. The number of halogens is 2. The first kappa shape index (κ1) is 23.2. The van der Waals surface area contributed by atoms with Gasteiger partial charge in [-0.05, 0) is 37.9 Å². The van der Waals surface area contributed by atoms with Crippen LogP contribution in [-0.2, 0) is 19.6 Å². The molecule has 0 heterocycles. The number of hydrogen-bond donors (Lipinski definition) is 2. The van der Waals surface area contributed by atoms with Gasteiger partial charge in [0.05, 0.1) is 7.11 Å². The lowest BCUT2D eigenvalue weighted by Crippen LogP contribution is -2.36. The maximum atomic E-state index is 13.9. The molecule has 2 rings (SSSR count). The van der Waals surface area contributed by atoms with Gasteiger partial charge in [0.2, 0.25) is 0 Å². The number of para-hydroxylation sites is 1. The fraction of sp³-hybridized carbons (Fsp3) is 0.350. The van der Waals surface area contributed by atoms with E-state index in [1.165, 1.54) is 6.07 Å². The first-order valence-corrected chi connectivity index (χ1v) is 8.52. The zero-order chi connectivity index (χ0) is 18.9. The molecule has 2 N–H and O–H groups in total. The fourth-order valence-corrected chi connectivity index (χ4v) is 2.63. The van der Waals surface area contributed by atoms with E-state index in [0.29, 0.717) is 31.2 Å². The van der Waals surface area contributed by atoms with Crippen molar-refractivity contribution in [1.82, 2.24) is 15.5 Å². The molecule has 0 atom stereocenters. The van der Waals surface area contributed by atoms with Gasteiger partial charge in [0, 0.05) is 37.8 Å². The van der Waals surface area contributed by atoms with Crippen LogP contribution in [0.25, 0.3) is 0 Å². The zero-order valence-corrected chi connectivity index (χ0v) is 18.6. The summed E-state index contributed by atoms with van der Waals surface area (Å²) in [6.07, 6.45) is 0. The summed E-state index contributed by atoms with van der Waals surface area (Å²) in [4.78, 5) is 6.18. The summed E-state index contributed by atoms with van der Waals surface area (Å²) in [5.74, 6) is 1.33. The minimum Gasteiger partial charge on any atom is -0.496 e. The highest BCUT2D eigenvalue weighted by Gasteiger charge is 2.07. The van der Waals surface area contributed by atoms with Gasteiger partial charge in [-0.2, -0.15) is 0 Å². The normalized spacial score (nSPS) is 11.1. The molecular formula is C20H28FIN4O. The monoisotopic (exact) mass is 486 g/mol. The van der Waals surface area contributed by atoms with Crippen molar-refractivity contribution >= 4 is 29.9 Å². The largest absolute Gasteiger partial charge is 0.496 e. The molecular weight excluding hydrogens is 458 g/mol. The molecule has 0 aliphatic heterocycles. The van der Waals surface area contributed by atoms with Gasteiger partial charge < -0.3 is 20.3 Å². The van der Waals surface area contributed by atoms with E-state index in [2.05, 4.69) is 15.6 Å². The van der Waals surface area contributed by atoms with Gasteiger partial charge in [-0.1, -0.05) is 24.3 Å². The van der Waals surface area contributed by atoms with Crippen LogP contribution < -0.4 is 15.4 Å². The number of nitrogens with zero attached hydrogens (tertiary/aromatic N) is 2. The maximum absolute atomic E-state index is 13.9. The van der Waals surface area contributed by atoms with E-state index in [-0.39, 0.29) is 29.8 Å². The number of methoxy groups -OCH3 is 1. The average Bonchev–Trinajstić information content (AvgIpc) is 2.64. The highest BCUT2D eigenvalue weighted by atomic mass is 127. The third-order valence-electron chi connectivity index (χ3n) is 3.92. The van der Waals surface area contributed by atoms with E-state index in [9.17, 15) is 4.39 Å². The van der Waals surface area contributed by atoms with Crippen molar-refractivity contribution in [2.24, 2.45) is 4.99 Å². The first-order valence-electron chi connectivity index (χ1n) is 8.52. The van der Waals surface area contributed by atoms with Crippen molar-refractivity contribution < 1.29 is 9.13 Å². The minimum absolute atomic E-state index is 0. The highest BCUT2D eigenvalue weighted by Crippen LogP contribution is 2.16. The summed E-state index contributed by atoms with van der Waals surface area (Å²) < 4.78 is 19.2. The van der Waals surface area contributed by atoms with E-state index >= 15 is 0 Å². The molecule has 0 unspecified atom stereocenters. The number of benzene rings is 2. The van der Waals surface area contributed by atoms with Crippen LogP contribution >= 0.6 is 24.0 Å². The number of hydrogen-bond acceptors (Lipinski definition) is 3. The van der Waals surface area contributed by atoms with Crippen molar-refractivity contribution in [2.75, 3.05) is 28.3 Å². The van der Waals surface area contributed by atoms with Gasteiger partial charge >= 0.3 is 0 Å². The second kappa shape index (κ2) is 11.8. The molecule has 2 aromatic rings. The minimum atomic E-state index is -0.180. The van der Waals surface area contributed by atoms with Gasteiger partial charge in [-0.3, -0.25) is 4.99 Å². The molecule has 7 heteroatoms. The first-order chi connectivity index (χ1) is 12.5. The van der Waals surface area contributed by atoms with Gasteiger partial charge in [-0.15, -0.1) is 24.0 Å². The van der Waals surface area contributed by atoms with Crippen LogP contribution in [0.4, 0.5) is 4.39 Å². The summed E-state index contributed by atoms with van der Waals surface area (Å²) in [5, 5.41) is 6.52. The summed E-state index contributed by atoms with van der Waals surface area (Å²) in [6.45, 7) is 1.73. The van der Waals surface area contributed by atoms with Gasteiger partial charge in [0.25, 0.3) is 0 Å². The third-order valence-corrected chi connectivity index (χ3v) is 3.92. The predicted molar refractivity (Wildman–Crippen MR) is 119 cm³/mol.